The Morgan fingerprint density at radius 3 is 2.73 bits per heavy atom. The molecule has 0 aliphatic rings. The number of hydrogen-bond donors (Lipinski definition) is 1. The van der Waals surface area contributed by atoms with Gasteiger partial charge in [0.1, 0.15) is 5.69 Å². The average Bonchev–Trinajstić information content (AvgIpc) is 2.26. The van der Waals surface area contributed by atoms with Crippen molar-refractivity contribution in [3.63, 3.8) is 0 Å². The van der Waals surface area contributed by atoms with Gasteiger partial charge in [-0.1, -0.05) is 6.07 Å². The van der Waals surface area contributed by atoms with E-state index in [4.69, 9.17) is 28.3 Å². The molecule has 82 valence electrons. The van der Waals surface area contributed by atoms with Crippen LogP contribution in [-0.2, 0) is 6.42 Å². The Morgan fingerprint density at radius 2 is 2.27 bits per heavy atom. The predicted octanol–water partition coefficient (Wildman–Crippen LogP) is 2.56. The minimum absolute atomic E-state index is 0.0502. The van der Waals surface area contributed by atoms with Crippen molar-refractivity contribution < 1.29 is 9.90 Å². The number of pyridine rings is 1. The van der Waals surface area contributed by atoms with Gasteiger partial charge >= 0.3 is 5.97 Å². The SMILES string of the molecule is O=C(O)c1ccc(CC[C@@H](Cl)CCl)cn1. The van der Waals surface area contributed by atoms with Crippen LogP contribution < -0.4 is 0 Å². The minimum atomic E-state index is -1.02. The second-order valence-corrected chi connectivity index (χ2v) is 4.07. The third-order valence-corrected chi connectivity index (χ3v) is 2.86. The maximum atomic E-state index is 10.5. The van der Waals surface area contributed by atoms with Gasteiger partial charge in [0, 0.05) is 17.5 Å². The zero-order valence-electron chi connectivity index (χ0n) is 7.99. The summed E-state index contributed by atoms with van der Waals surface area (Å²) >= 11 is 11.4. The Hall–Kier alpha value is -0.800. The molecule has 0 saturated carbocycles. The first-order chi connectivity index (χ1) is 7.13. The molecule has 3 nitrogen and oxygen atoms in total. The largest absolute Gasteiger partial charge is 0.477 e. The molecule has 0 fully saturated rings. The van der Waals surface area contributed by atoms with Gasteiger partial charge in [0.25, 0.3) is 0 Å². The number of carboxylic acid groups (broad SMARTS) is 1. The van der Waals surface area contributed by atoms with E-state index in [1.54, 1.807) is 12.3 Å². The van der Waals surface area contributed by atoms with Crippen molar-refractivity contribution in [1.82, 2.24) is 4.98 Å². The van der Waals surface area contributed by atoms with Crippen molar-refractivity contribution >= 4 is 29.2 Å². The number of carboxylic acids is 1. The Morgan fingerprint density at radius 1 is 1.53 bits per heavy atom. The number of nitrogens with zero attached hydrogens (tertiary/aromatic N) is 1. The Bertz CT molecular complexity index is 327. The summed E-state index contributed by atoms with van der Waals surface area (Å²) in [6.07, 6.45) is 3.08. The van der Waals surface area contributed by atoms with Crippen LogP contribution in [-0.4, -0.2) is 27.3 Å². The van der Waals surface area contributed by atoms with E-state index in [-0.39, 0.29) is 11.1 Å². The standard InChI is InChI=1S/C10H11Cl2NO2/c11-5-8(12)3-1-7-2-4-9(10(14)15)13-6-7/h2,4,6,8H,1,3,5H2,(H,14,15)/t8-/m1/s1. The number of aryl methyl sites for hydroxylation is 1. The number of alkyl halides is 2. The van der Waals surface area contributed by atoms with Crippen molar-refractivity contribution in [1.29, 1.82) is 0 Å². The topological polar surface area (TPSA) is 50.2 Å². The highest BCUT2D eigenvalue weighted by atomic mass is 35.5. The molecule has 0 bridgehead atoms. The minimum Gasteiger partial charge on any atom is -0.477 e. The smallest absolute Gasteiger partial charge is 0.354 e. The Balaban J connectivity index is 2.53. The van der Waals surface area contributed by atoms with E-state index in [1.807, 2.05) is 0 Å². The molecule has 0 unspecified atom stereocenters. The summed E-state index contributed by atoms with van der Waals surface area (Å²) in [6, 6.07) is 3.23. The van der Waals surface area contributed by atoms with Crippen molar-refractivity contribution in [2.24, 2.45) is 0 Å². The van der Waals surface area contributed by atoms with E-state index < -0.39 is 5.97 Å². The molecular weight excluding hydrogens is 237 g/mol. The van der Waals surface area contributed by atoms with Gasteiger partial charge in [0.15, 0.2) is 0 Å². The van der Waals surface area contributed by atoms with Crippen LogP contribution in [0.15, 0.2) is 18.3 Å². The summed E-state index contributed by atoms with van der Waals surface area (Å²) in [5, 5.41) is 8.58. The van der Waals surface area contributed by atoms with Gasteiger partial charge in [0.2, 0.25) is 0 Å². The lowest BCUT2D eigenvalue weighted by molar-refractivity contribution is 0.0690. The van der Waals surface area contributed by atoms with Crippen LogP contribution in [0.1, 0.15) is 22.5 Å². The first-order valence-corrected chi connectivity index (χ1v) is 5.49. The fraction of sp³-hybridized carbons (Fsp3) is 0.400. The molecule has 0 radical (unpaired) electrons. The molecule has 0 saturated heterocycles. The maximum absolute atomic E-state index is 10.5. The number of aromatic nitrogens is 1. The van der Waals surface area contributed by atoms with E-state index in [9.17, 15) is 4.79 Å². The second kappa shape index (κ2) is 5.93. The van der Waals surface area contributed by atoms with E-state index >= 15 is 0 Å². The van der Waals surface area contributed by atoms with Crippen LogP contribution in [0.2, 0.25) is 0 Å². The molecule has 1 atom stereocenters. The lowest BCUT2D eigenvalue weighted by atomic mass is 10.1. The van der Waals surface area contributed by atoms with E-state index in [0.717, 1.165) is 18.4 Å². The molecule has 1 rings (SSSR count). The highest BCUT2D eigenvalue weighted by molar-refractivity contribution is 6.28. The third-order valence-electron chi connectivity index (χ3n) is 1.96. The number of carbonyl (C=O) groups is 1. The quantitative estimate of drug-likeness (QED) is 0.814. The Labute approximate surface area is 98.0 Å². The zero-order valence-corrected chi connectivity index (χ0v) is 9.50. The number of rotatable bonds is 5. The van der Waals surface area contributed by atoms with Gasteiger partial charge in [0.05, 0.1) is 0 Å². The summed E-state index contributed by atoms with van der Waals surface area (Å²) in [6.45, 7) is 0. The molecule has 0 spiro atoms. The van der Waals surface area contributed by atoms with Gasteiger partial charge in [-0.2, -0.15) is 0 Å². The van der Waals surface area contributed by atoms with Crippen molar-refractivity contribution in [3.8, 4) is 0 Å². The number of halogens is 2. The monoisotopic (exact) mass is 247 g/mol. The van der Waals surface area contributed by atoms with E-state index in [0.29, 0.717) is 5.88 Å². The number of aromatic carboxylic acids is 1. The first kappa shape index (κ1) is 12.3. The molecule has 1 aromatic rings. The third kappa shape index (κ3) is 4.06. The van der Waals surface area contributed by atoms with Crippen LogP contribution >= 0.6 is 23.2 Å². The van der Waals surface area contributed by atoms with Gasteiger partial charge in [-0.05, 0) is 24.5 Å². The molecule has 0 amide bonds. The molecule has 1 N–H and O–H groups in total. The predicted molar refractivity (Wildman–Crippen MR) is 59.9 cm³/mol. The van der Waals surface area contributed by atoms with Crippen molar-refractivity contribution in [3.05, 3.63) is 29.6 Å². The van der Waals surface area contributed by atoms with Gasteiger partial charge in [-0.3, -0.25) is 0 Å². The molecule has 0 aromatic carbocycles. The fourth-order valence-electron chi connectivity index (χ4n) is 1.10. The first-order valence-electron chi connectivity index (χ1n) is 4.51. The van der Waals surface area contributed by atoms with Crippen molar-refractivity contribution in [2.45, 2.75) is 18.2 Å². The average molecular weight is 248 g/mol. The fourth-order valence-corrected chi connectivity index (χ4v) is 1.36. The van der Waals surface area contributed by atoms with E-state index in [1.165, 1.54) is 6.07 Å². The summed E-state index contributed by atoms with van der Waals surface area (Å²) in [5.41, 5.74) is 1.02. The van der Waals surface area contributed by atoms with Crippen LogP contribution in [0.4, 0.5) is 0 Å². The van der Waals surface area contributed by atoms with Crippen LogP contribution in [0, 0.1) is 0 Å². The molecular formula is C10H11Cl2NO2. The van der Waals surface area contributed by atoms with Crippen molar-refractivity contribution in [2.75, 3.05) is 5.88 Å². The molecule has 0 aliphatic heterocycles. The summed E-state index contributed by atoms with van der Waals surface area (Å²) in [7, 11) is 0. The van der Waals surface area contributed by atoms with Gasteiger partial charge in [-0.15, -0.1) is 23.2 Å². The van der Waals surface area contributed by atoms with Crippen LogP contribution in [0.25, 0.3) is 0 Å². The molecule has 5 heteroatoms. The van der Waals surface area contributed by atoms with Gasteiger partial charge in [-0.25, -0.2) is 9.78 Å². The van der Waals surface area contributed by atoms with Crippen LogP contribution in [0.5, 0.6) is 0 Å². The lowest BCUT2D eigenvalue weighted by Gasteiger charge is -2.04. The molecule has 1 aromatic heterocycles. The highest BCUT2D eigenvalue weighted by Gasteiger charge is 2.05. The second-order valence-electron chi connectivity index (χ2n) is 3.15. The maximum Gasteiger partial charge on any atom is 0.354 e. The normalized spacial score (nSPS) is 12.4. The summed E-state index contributed by atoms with van der Waals surface area (Å²) < 4.78 is 0. The van der Waals surface area contributed by atoms with E-state index in [2.05, 4.69) is 4.98 Å². The Kier molecular flexibility index (Phi) is 4.85. The summed E-state index contributed by atoms with van der Waals surface area (Å²) in [5.74, 6) is -0.597. The van der Waals surface area contributed by atoms with Crippen LogP contribution in [0.3, 0.4) is 0 Å². The van der Waals surface area contributed by atoms with Gasteiger partial charge < -0.3 is 5.11 Å². The highest BCUT2D eigenvalue weighted by Crippen LogP contribution is 2.10. The number of hydrogen-bond acceptors (Lipinski definition) is 2. The molecule has 15 heavy (non-hydrogen) atoms. The molecule has 1 heterocycles. The zero-order chi connectivity index (χ0) is 11.3. The summed E-state index contributed by atoms with van der Waals surface area (Å²) in [4.78, 5) is 14.3. The lowest BCUT2D eigenvalue weighted by Crippen LogP contribution is -2.04. The molecule has 0 aliphatic carbocycles.